The summed E-state index contributed by atoms with van der Waals surface area (Å²) in [5.41, 5.74) is 0.761. The van der Waals surface area contributed by atoms with Crippen molar-refractivity contribution in [2.75, 3.05) is 24.5 Å². The number of amides is 1. The molecule has 1 radical (unpaired) electrons. The summed E-state index contributed by atoms with van der Waals surface area (Å²) in [6.45, 7) is 4.01. The molecule has 0 saturated carbocycles. The molecule has 0 atom stereocenters. The van der Waals surface area contributed by atoms with Crippen LogP contribution in [0, 0.1) is 0 Å². The van der Waals surface area contributed by atoms with Crippen molar-refractivity contribution in [3.05, 3.63) is 66.2 Å². The maximum atomic E-state index is 12.8. The molecular formula is C23H28N2NaO3. The van der Waals surface area contributed by atoms with Gasteiger partial charge in [-0.1, -0.05) is 55.5 Å². The van der Waals surface area contributed by atoms with Gasteiger partial charge >= 0.3 is 5.97 Å². The van der Waals surface area contributed by atoms with Crippen LogP contribution in [0.1, 0.15) is 31.7 Å². The Kier molecular flexibility index (Phi) is 8.90. The molecule has 149 valence electrons. The summed E-state index contributed by atoms with van der Waals surface area (Å²) in [7, 11) is 0. The number of anilines is 1. The average Bonchev–Trinajstić information content (AvgIpc) is 2.74. The molecule has 6 heteroatoms. The maximum absolute atomic E-state index is 12.8. The van der Waals surface area contributed by atoms with Crippen LogP contribution < -0.4 is 4.90 Å². The van der Waals surface area contributed by atoms with Gasteiger partial charge in [0.25, 0.3) is 0 Å². The van der Waals surface area contributed by atoms with E-state index in [0.29, 0.717) is 31.6 Å². The minimum absolute atomic E-state index is 0. The molecule has 1 heterocycles. The molecule has 1 amide bonds. The molecule has 1 fully saturated rings. The Morgan fingerprint density at radius 2 is 1.55 bits per heavy atom. The van der Waals surface area contributed by atoms with E-state index in [4.69, 9.17) is 0 Å². The number of benzene rings is 2. The number of hydrogen-bond acceptors (Lipinski definition) is 3. The summed E-state index contributed by atoms with van der Waals surface area (Å²) in [5, 5.41) is 10.1. The molecule has 29 heavy (non-hydrogen) atoms. The number of hydrogen-bond donors (Lipinski definition) is 1. The Balaban J connectivity index is 0.00000300. The quantitative estimate of drug-likeness (QED) is 0.722. The Labute approximate surface area is 195 Å². The number of likely N-dealkylation sites (tertiary alicyclic amines) is 1. The van der Waals surface area contributed by atoms with Gasteiger partial charge in [0.15, 0.2) is 0 Å². The first-order valence-electron chi connectivity index (χ1n) is 9.94. The van der Waals surface area contributed by atoms with Crippen LogP contribution in [0.4, 0.5) is 5.69 Å². The molecule has 1 aliphatic rings. The Hall–Kier alpha value is -1.66. The molecule has 5 nitrogen and oxygen atoms in total. The third-order valence-electron chi connectivity index (χ3n) is 5.64. The number of nitrogens with zero attached hydrogens (tertiary/aromatic N) is 2. The second kappa shape index (κ2) is 10.9. The number of piperidine rings is 1. The molecule has 0 aliphatic carbocycles. The third-order valence-corrected chi connectivity index (χ3v) is 5.64. The van der Waals surface area contributed by atoms with Gasteiger partial charge in [0.1, 0.15) is 5.54 Å². The molecule has 2 aromatic rings. The van der Waals surface area contributed by atoms with E-state index in [2.05, 4.69) is 17.0 Å². The second-order valence-corrected chi connectivity index (χ2v) is 7.33. The van der Waals surface area contributed by atoms with Crippen LogP contribution >= 0.6 is 0 Å². The van der Waals surface area contributed by atoms with E-state index >= 15 is 0 Å². The van der Waals surface area contributed by atoms with Gasteiger partial charge < -0.3 is 10.0 Å². The normalized spacial score (nSPS) is 15.9. The molecule has 0 bridgehead atoms. The summed E-state index contributed by atoms with van der Waals surface area (Å²) in [6, 6.07) is 19.5. The topological polar surface area (TPSA) is 60.9 Å². The Bertz CT molecular complexity index is 790. The van der Waals surface area contributed by atoms with Crippen LogP contribution in [-0.4, -0.2) is 76.6 Å². The predicted octanol–water partition coefficient (Wildman–Crippen LogP) is 3.21. The van der Waals surface area contributed by atoms with Crippen LogP contribution in [0.3, 0.4) is 0 Å². The number of carboxylic acid groups (broad SMARTS) is 1. The SMILES string of the molecule is CCC(=O)N(c1ccccc1)C1(C(=O)O)CCN(CCc2ccccc2)CC1.[Na]. The summed E-state index contributed by atoms with van der Waals surface area (Å²) in [4.78, 5) is 29.0. The summed E-state index contributed by atoms with van der Waals surface area (Å²) in [5.74, 6) is -1.06. The molecule has 0 unspecified atom stereocenters. The van der Waals surface area contributed by atoms with Crippen LogP contribution in [0.15, 0.2) is 60.7 Å². The fraction of sp³-hybridized carbons (Fsp3) is 0.391. The van der Waals surface area contributed by atoms with Crippen molar-refractivity contribution >= 4 is 47.1 Å². The number of para-hydroxylation sites is 1. The summed E-state index contributed by atoms with van der Waals surface area (Å²) < 4.78 is 0. The first kappa shape index (κ1) is 23.6. The molecule has 1 aliphatic heterocycles. The largest absolute Gasteiger partial charge is 0.479 e. The zero-order valence-corrected chi connectivity index (χ0v) is 19.4. The van der Waals surface area contributed by atoms with Crippen LogP contribution in [0.25, 0.3) is 0 Å². The van der Waals surface area contributed by atoms with Crippen molar-refractivity contribution in [1.82, 2.24) is 4.90 Å². The molecule has 2 aromatic carbocycles. The maximum Gasteiger partial charge on any atom is 0.330 e. The van der Waals surface area contributed by atoms with Gasteiger partial charge in [0, 0.05) is 61.3 Å². The van der Waals surface area contributed by atoms with Crippen molar-refractivity contribution < 1.29 is 14.7 Å². The molecule has 3 rings (SSSR count). The smallest absolute Gasteiger partial charge is 0.330 e. The van der Waals surface area contributed by atoms with Crippen molar-refractivity contribution in [1.29, 1.82) is 0 Å². The van der Waals surface area contributed by atoms with Gasteiger partial charge in [0.05, 0.1) is 0 Å². The molecular weight excluding hydrogens is 375 g/mol. The van der Waals surface area contributed by atoms with Crippen LogP contribution in [0.2, 0.25) is 0 Å². The van der Waals surface area contributed by atoms with Crippen LogP contribution in [-0.2, 0) is 16.0 Å². The van der Waals surface area contributed by atoms with Gasteiger partial charge in [-0.15, -0.1) is 0 Å². The predicted molar refractivity (Wildman–Crippen MR) is 116 cm³/mol. The van der Waals surface area contributed by atoms with Gasteiger partial charge in [-0.3, -0.25) is 9.69 Å². The van der Waals surface area contributed by atoms with Gasteiger partial charge in [0.2, 0.25) is 5.91 Å². The van der Waals surface area contributed by atoms with Gasteiger partial charge in [-0.05, 0) is 37.0 Å². The summed E-state index contributed by atoms with van der Waals surface area (Å²) in [6.07, 6.45) is 2.08. The number of rotatable bonds is 7. The molecule has 1 N–H and O–H groups in total. The first-order valence-corrected chi connectivity index (χ1v) is 9.94. The zero-order valence-electron chi connectivity index (χ0n) is 17.4. The van der Waals surface area contributed by atoms with E-state index in [0.717, 1.165) is 13.0 Å². The van der Waals surface area contributed by atoms with E-state index in [9.17, 15) is 14.7 Å². The zero-order chi connectivity index (χ0) is 20.0. The number of aliphatic carboxylic acids is 1. The first-order chi connectivity index (χ1) is 13.6. The monoisotopic (exact) mass is 403 g/mol. The Morgan fingerprint density at radius 3 is 2.07 bits per heavy atom. The van der Waals surface area contributed by atoms with Crippen LogP contribution in [0.5, 0.6) is 0 Å². The average molecular weight is 403 g/mol. The number of carbonyl (C=O) groups is 2. The van der Waals surface area contributed by atoms with Gasteiger partial charge in [-0.25, -0.2) is 4.79 Å². The van der Waals surface area contributed by atoms with Crippen molar-refractivity contribution in [2.24, 2.45) is 0 Å². The molecule has 1 saturated heterocycles. The van der Waals surface area contributed by atoms with Crippen molar-refractivity contribution in [3.8, 4) is 0 Å². The fourth-order valence-electron chi connectivity index (χ4n) is 3.98. The third kappa shape index (κ3) is 5.48. The molecule has 0 aromatic heterocycles. The summed E-state index contributed by atoms with van der Waals surface area (Å²) >= 11 is 0. The van der Waals surface area contributed by atoms with E-state index in [1.165, 1.54) is 10.5 Å². The minimum Gasteiger partial charge on any atom is -0.479 e. The number of carbonyl (C=O) groups excluding carboxylic acids is 1. The van der Waals surface area contributed by atoms with Gasteiger partial charge in [-0.2, -0.15) is 0 Å². The van der Waals surface area contributed by atoms with E-state index < -0.39 is 11.5 Å². The standard InChI is InChI=1S/C23H28N2O3.Na/c1-2-21(26)25(20-11-7-4-8-12-20)23(22(27)28)14-17-24(18-15-23)16-13-19-9-5-3-6-10-19;/h3-12H,2,13-18H2,1H3,(H,27,28);. The fourth-order valence-corrected chi connectivity index (χ4v) is 3.98. The minimum atomic E-state index is -1.18. The number of carboxylic acids is 1. The molecule has 0 spiro atoms. The van der Waals surface area contributed by atoms with E-state index in [1.54, 1.807) is 6.92 Å². The van der Waals surface area contributed by atoms with Crippen molar-refractivity contribution in [2.45, 2.75) is 38.1 Å². The van der Waals surface area contributed by atoms with Crippen molar-refractivity contribution in [3.63, 3.8) is 0 Å². The Morgan fingerprint density at radius 1 is 1.00 bits per heavy atom. The second-order valence-electron chi connectivity index (χ2n) is 7.33. The van der Waals surface area contributed by atoms with E-state index in [-0.39, 0.29) is 41.9 Å². The van der Waals surface area contributed by atoms with E-state index in [1.807, 2.05) is 48.5 Å².